The van der Waals surface area contributed by atoms with Crippen LogP contribution in [-0.4, -0.2) is 48.8 Å². The van der Waals surface area contributed by atoms with Crippen LogP contribution in [0.4, 0.5) is 11.4 Å². The van der Waals surface area contributed by atoms with Gasteiger partial charge in [-0.3, -0.25) is 9.69 Å². The molecule has 2 aliphatic heterocycles. The number of likely N-dealkylation sites (N-methyl/N-ethyl adjacent to an activating group) is 1. The molecule has 0 unspecified atom stereocenters. The molecule has 3 heterocycles. The Hall–Kier alpha value is -1.30. The minimum atomic E-state index is -0.0521. The van der Waals surface area contributed by atoms with Gasteiger partial charge in [0, 0.05) is 54.0 Å². The molecule has 1 amide bonds. The highest BCUT2D eigenvalue weighted by Gasteiger charge is 2.32. The van der Waals surface area contributed by atoms with Crippen molar-refractivity contribution in [2.75, 3.05) is 37.7 Å². The van der Waals surface area contributed by atoms with E-state index in [1.165, 1.54) is 17.4 Å². The molecule has 2 aromatic rings. The third-order valence-corrected chi connectivity index (χ3v) is 7.73. The number of hydrogen-bond donors (Lipinski definition) is 0. The molecular formula is C20H19BrIN3O3S. The molecule has 0 bridgehead atoms. The number of furan rings is 1. The van der Waals surface area contributed by atoms with Crippen LogP contribution < -0.4 is 4.90 Å². The van der Waals surface area contributed by atoms with E-state index in [2.05, 4.69) is 55.6 Å². The molecule has 29 heavy (non-hydrogen) atoms. The van der Waals surface area contributed by atoms with E-state index in [0.717, 1.165) is 40.2 Å². The van der Waals surface area contributed by atoms with Gasteiger partial charge in [0.1, 0.15) is 5.76 Å². The second-order valence-electron chi connectivity index (χ2n) is 6.44. The number of thioether (sulfide) groups is 1. The van der Waals surface area contributed by atoms with Crippen LogP contribution in [0.2, 0.25) is 0 Å². The standard InChI is InChI=1S/C20H19BrIN3O3S/c1-2-25-19(26)17(12-15-11-16(21)18(22)28-15)29-20(25)23-13-3-5-14(6-4-13)24-7-9-27-10-8-24/h3-6,11-12H,2,7-10H2,1H3/b17-12-,23-20?. The lowest BCUT2D eigenvalue weighted by Crippen LogP contribution is -2.36. The first-order valence-electron chi connectivity index (χ1n) is 9.23. The number of anilines is 1. The van der Waals surface area contributed by atoms with Gasteiger partial charge in [-0.15, -0.1) is 0 Å². The molecule has 1 aromatic carbocycles. The van der Waals surface area contributed by atoms with Crippen molar-refractivity contribution in [1.29, 1.82) is 0 Å². The lowest BCUT2D eigenvalue weighted by atomic mass is 10.2. The lowest BCUT2D eigenvalue weighted by molar-refractivity contribution is -0.122. The minimum Gasteiger partial charge on any atom is -0.450 e. The molecule has 0 saturated carbocycles. The summed E-state index contributed by atoms with van der Waals surface area (Å²) in [6.07, 6.45) is 1.77. The molecule has 0 N–H and O–H groups in total. The Bertz CT molecular complexity index is 948. The molecule has 9 heteroatoms. The van der Waals surface area contributed by atoms with E-state index in [1.807, 2.05) is 25.1 Å². The molecular weight excluding hydrogens is 569 g/mol. The SMILES string of the molecule is CCN1C(=O)/C(=C/c2cc(Br)c(I)o2)SC1=Nc1ccc(N2CCOCC2)cc1. The highest BCUT2D eigenvalue weighted by molar-refractivity contribution is 14.1. The van der Waals surface area contributed by atoms with Gasteiger partial charge >= 0.3 is 0 Å². The minimum absolute atomic E-state index is 0.0521. The number of nitrogens with zero attached hydrogens (tertiary/aromatic N) is 3. The van der Waals surface area contributed by atoms with Crippen molar-refractivity contribution in [3.63, 3.8) is 0 Å². The molecule has 2 aliphatic rings. The van der Waals surface area contributed by atoms with Crippen LogP contribution in [0.1, 0.15) is 12.7 Å². The fourth-order valence-corrected chi connectivity index (χ4v) is 4.86. The van der Waals surface area contributed by atoms with Crippen LogP contribution in [0.25, 0.3) is 6.08 Å². The van der Waals surface area contributed by atoms with Gasteiger partial charge in [-0.25, -0.2) is 4.99 Å². The Morgan fingerprint density at radius 1 is 1.28 bits per heavy atom. The van der Waals surface area contributed by atoms with Crippen molar-refractivity contribution in [3.05, 3.63) is 49.2 Å². The molecule has 2 saturated heterocycles. The summed E-state index contributed by atoms with van der Waals surface area (Å²) in [4.78, 5) is 22.1. The molecule has 6 nitrogen and oxygen atoms in total. The van der Waals surface area contributed by atoms with E-state index >= 15 is 0 Å². The summed E-state index contributed by atoms with van der Waals surface area (Å²) in [5.74, 6) is 0.591. The predicted octanol–water partition coefficient (Wildman–Crippen LogP) is 5.11. The normalized spacial score (nSPS) is 20.3. The van der Waals surface area contributed by atoms with E-state index in [9.17, 15) is 4.79 Å². The van der Waals surface area contributed by atoms with Gasteiger partial charge in [0.05, 0.1) is 28.3 Å². The third-order valence-electron chi connectivity index (χ3n) is 4.59. The molecule has 4 rings (SSSR count). The average Bonchev–Trinajstić information content (AvgIpc) is 3.21. The smallest absolute Gasteiger partial charge is 0.266 e. The largest absolute Gasteiger partial charge is 0.450 e. The summed E-state index contributed by atoms with van der Waals surface area (Å²) in [6.45, 7) is 5.83. The maximum atomic E-state index is 12.8. The van der Waals surface area contributed by atoms with Crippen molar-refractivity contribution in [2.45, 2.75) is 6.92 Å². The highest BCUT2D eigenvalue weighted by Crippen LogP contribution is 2.35. The number of amidine groups is 1. The van der Waals surface area contributed by atoms with Gasteiger partial charge < -0.3 is 14.1 Å². The Balaban J connectivity index is 1.55. The number of benzene rings is 1. The Kier molecular flexibility index (Phi) is 6.67. The number of carbonyl (C=O) groups excluding carboxylic acids is 1. The van der Waals surface area contributed by atoms with Crippen LogP contribution >= 0.6 is 50.3 Å². The first-order valence-corrected chi connectivity index (χ1v) is 11.9. The van der Waals surface area contributed by atoms with E-state index in [-0.39, 0.29) is 5.91 Å². The van der Waals surface area contributed by atoms with Gasteiger partial charge in [-0.1, -0.05) is 0 Å². The van der Waals surface area contributed by atoms with Gasteiger partial charge in [0.2, 0.25) is 0 Å². The summed E-state index contributed by atoms with van der Waals surface area (Å²) >= 11 is 6.91. The van der Waals surface area contributed by atoms with E-state index in [4.69, 9.17) is 14.1 Å². The van der Waals surface area contributed by atoms with E-state index < -0.39 is 0 Å². The van der Waals surface area contributed by atoms with E-state index in [1.54, 1.807) is 11.0 Å². The number of rotatable bonds is 4. The summed E-state index contributed by atoms with van der Waals surface area (Å²) < 4.78 is 12.7. The quantitative estimate of drug-likeness (QED) is 0.368. The highest BCUT2D eigenvalue weighted by atomic mass is 127. The fraction of sp³-hybridized carbons (Fsp3) is 0.300. The third kappa shape index (κ3) is 4.73. The lowest BCUT2D eigenvalue weighted by Gasteiger charge is -2.28. The topological polar surface area (TPSA) is 58.3 Å². The van der Waals surface area contributed by atoms with Crippen LogP contribution in [0.5, 0.6) is 0 Å². The zero-order valence-electron chi connectivity index (χ0n) is 15.7. The summed E-state index contributed by atoms with van der Waals surface area (Å²) in [6, 6.07) is 9.98. The zero-order valence-corrected chi connectivity index (χ0v) is 20.3. The first kappa shape index (κ1) is 21.0. The molecule has 0 spiro atoms. The van der Waals surface area contributed by atoms with Crippen molar-refractivity contribution in [1.82, 2.24) is 4.90 Å². The maximum Gasteiger partial charge on any atom is 0.266 e. The summed E-state index contributed by atoms with van der Waals surface area (Å²) in [5, 5.41) is 0.684. The summed E-state index contributed by atoms with van der Waals surface area (Å²) in [7, 11) is 0. The zero-order chi connectivity index (χ0) is 20.4. The molecule has 152 valence electrons. The monoisotopic (exact) mass is 587 g/mol. The van der Waals surface area contributed by atoms with E-state index in [0.29, 0.717) is 22.4 Å². The van der Waals surface area contributed by atoms with Crippen molar-refractivity contribution in [2.24, 2.45) is 4.99 Å². The molecule has 2 fully saturated rings. The van der Waals surface area contributed by atoms with Crippen molar-refractivity contribution < 1.29 is 13.9 Å². The van der Waals surface area contributed by atoms with Gasteiger partial charge in [0.15, 0.2) is 8.93 Å². The van der Waals surface area contributed by atoms with Crippen LogP contribution in [0.15, 0.2) is 49.1 Å². The van der Waals surface area contributed by atoms with Gasteiger partial charge in [-0.2, -0.15) is 0 Å². The predicted molar refractivity (Wildman–Crippen MR) is 129 cm³/mol. The number of hydrogen-bond acceptors (Lipinski definition) is 6. The second kappa shape index (κ2) is 9.23. The Labute approximate surface area is 195 Å². The molecule has 1 aromatic heterocycles. The fourth-order valence-electron chi connectivity index (χ4n) is 3.10. The number of carbonyl (C=O) groups is 1. The van der Waals surface area contributed by atoms with Crippen LogP contribution in [-0.2, 0) is 9.53 Å². The molecule has 0 atom stereocenters. The number of ether oxygens (including phenoxy) is 1. The second-order valence-corrected chi connectivity index (χ2v) is 9.28. The first-order chi connectivity index (χ1) is 14.0. The Morgan fingerprint density at radius 3 is 2.62 bits per heavy atom. The number of amides is 1. The number of aliphatic imine (C=N–C) groups is 1. The van der Waals surface area contributed by atoms with Crippen molar-refractivity contribution >= 4 is 78.8 Å². The molecule has 0 radical (unpaired) electrons. The van der Waals surface area contributed by atoms with Crippen LogP contribution in [0, 0.1) is 3.77 Å². The number of morpholine rings is 1. The van der Waals surface area contributed by atoms with Crippen molar-refractivity contribution in [3.8, 4) is 0 Å². The average molecular weight is 588 g/mol. The van der Waals surface area contributed by atoms with Gasteiger partial charge in [-0.05, 0) is 64.9 Å². The maximum absolute atomic E-state index is 12.8. The van der Waals surface area contributed by atoms with Gasteiger partial charge in [0.25, 0.3) is 5.91 Å². The number of halogens is 2. The summed E-state index contributed by atoms with van der Waals surface area (Å²) in [5.41, 5.74) is 1.99. The molecule has 0 aliphatic carbocycles. The Morgan fingerprint density at radius 2 is 2.00 bits per heavy atom. The van der Waals surface area contributed by atoms with Crippen LogP contribution in [0.3, 0.4) is 0 Å².